The third-order valence-corrected chi connectivity index (χ3v) is 2.69. The number of amides is 3. The van der Waals surface area contributed by atoms with Crippen LogP contribution < -0.4 is 16.0 Å². The van der Waals surface area contributed by atoms with Gasteiger partial charge in [-0.1, -0.05) is 38.1 Å². The molecule has 1 aromatic rings. The van der Waals surface area contributed by atoms with Gasteiger partial charge >= 0.3 is 6.03 Å². The van der Waals surface area contributed by atoms with Crippen LogP contribution in [0.1, 0.15) is 13.8 Å². The summed E-state index contributed by atoms with van der Waals surface area (Å²) in [5.74, 6) is -0.232. The van der Waals surface area contributed by atoms with Gasteiger partial charge in [0.2, 0.25) is 5.91 Å². The summed E-state index contributed by atoms with van der Waals surface area (Å²) in [6, 6.07) is 8.09. The number of urea groups is 1. The van der Waals surface area contributed by atoms with Gasteiger partial charge in [-0.2, -0.15) is 0 Å². The molecule has 1 atom stereocenters. The highest BCUT2D eigenvalue weighted by molar-refractivity contribution is 5.93. The Labute approximate surface area is 119 Å². The lowest BCUT2D eigenvalue weighted by atomic mass is 10.0. The Hall–Kier alpha value is -2.30. The molecular formula is C15H21N3O2. The van der Waals surface area contributed by atoms with Crippen LogP contribution in [0.5, 0.6) is 0 Å². The minimum Gasteiger partial charge on any atom is -0.351 e. The lowest BCUT2D eigenvalue weighted by molar-refractivity contribution is -0.123. The quantitative estimate of drug-likeness (QED) is 0.696. The van der Waals surface area contributed by atoms with Crippen molar-refractivity contribution in [1.29, 1.82) is 0 Å². The number of carbonyl (C=O) groups is 2. The number of hydrogen-bond donors (Lipinski definition) is 3. The SMILES string of the molecule is C=CCNC(=O)C(NC(=O)Nc1ccccc1)C(C)C. The Kier molecular flexibility index (Phi) is 6.29. The highest BCUT2D eigenvalue weighted by Gasteiger charge is 2.23. The zero-order valence-corrected chi connectivity index (χ0v) is 11.8. The molecule has 108 valence electrons. The van der Waals surface area contributed by atoms with E-state index in [4.69, 9.17) is 0 Å². The van der Waals surface area contributed by atoms with Crippen LogP contribution in [0, 0.1) is 5.92 Å². The van der Waals surface area contributed by atoms with Gasteiger partial charge in [0.25, 0.3) is 0 Å². The molecule has 0 aromatic heterocycles. The van der Waals surface area contributed by atoms with E-state index in [9.17, 15) is 9.59 Å². The third-order valence-electron chi connectivity index (χ3n) is 2.69. The monoisotopic (exact) mass is 275 g/mol. The van der Waals surface area contributed by atoms with Crippen LogP contribution in [0.25, 0.3) is 0 Å². The lowest BCUT2D eigenvalue weighted by Crippen LogP contribution is -2.50. The average molecular weight is 275 g/mol. The highest BCUT2D eigenvalue weighted by Crippen LogP contribution is 2.06. The first kappa shape index (κ1) is 15.8. The number of carbonyl (C=O) groups excluding carboxylic acids is 2. The number of para-hydroxylation sites is 1. The summed E-state index contributed by atoms with van der Waals surface area (Å²) in [6.45, 7) is 7.67. The van der Waals surface area contributed by atoms with Crippen molar-refractivity contribution >= 4 is 17.6 Å². The molecule has 0 radical (unpaired) electrons. The van der Waals surface area contributed by atoms with Gasteiger partial charge in [0, 0.05) is 12.2 Å². The van der Waals surface area contributed by atoms with Crippen LogP contribution in [-0.2, 0) is 4.79 Å². The Morgan fingerprint density at radius 1 is 1.25 bits per heavy atom. The number of anilines is 1. The topological polar surface area (TPSA) is 70.2 Å². The molecular weight excluding hydrogens is 254 g/mol. The smallest absolute Gasteiger partial charge is 0.319 e. The highest BCUT2D eigenvalue weighted by atomic mass is 16.2. The summed E-state index contributed by atoms with van der Waals surface area (Å²) in [6.07, 6.45) is 1.60. The largest absolute Gasteiger partial charge is 0.351 e. The van der Waals surface area contributed by atoms with Crippen LogP contribution in [0.4, 0.5) is 10.5 Å². The summed E-state index contributed by atoms with van der Waals surface area (Å²) in [5.41, 5.74) is 0.680. The van der Waals surface area contributed by atoms with E-state index >= 15 is 0 Å². The van der Waals surface area contributed by atoms with Gasteiger partial charge in [0.15, 0.2) is 0 Å². The first-order valence-electron chi connectivity index (χ1n) is 6.55. The van der Waals surface area contributed by atoms with Gasteiger partial charge in [0.1, 0.15) is 6.04 Å². The van der Waals surface area contributed by atoms with Gasteiger partial charge in [-0.05, 0) is 18.1 Å². The summed E-state index contributed by atoms with van der Waals surface area (Å²) in [7, 11) is 0. The Morgan fingerprint density at radius 2 is 1.90 bits per heavy atom. The van der Waals surface area contributed by atoms with Crippen molar-refractivity contribution in [3.63, 3.8) is 0 Å². The third kappa shape index (κ3) is 5.14. The molecule has 3 N–H and O–H groups in total. The predicted molar refractivity (Wildman–Crippen MR) is 80.4 cm³/mol. The van der Waals surface area contributed by atoms with Crippen molar-refractivity contribution in [2.75, 3.05) is 11.9 Å². The number of rotatable bonds is 6. The predicted octanol–water partition coefficient (Wildman–Crippen LogP) is 2.13. The second kappa shape index (κ2) is 7.99. The van der Waals surface area contributed by atoms with Gasteiger partial charge in [-0.3, -0.25) is 4.79 Å². The van der Waals surface area contributed by atoms with E-state index in [1.165, 1.54) is 0 Å². The second-order valence-electron chi connectivity index (χ2n) is 4.72. The van der Waals surface area contributed by atoms with Crippen molar-refractivity contribution < 1.29 is 9.59 Å². The van der Waals surface area contributed by atoms with E-state index in [2.05, 4.69) is 22.5 Å². The molecule has 0 fully saturated rings. The second-order valence-corrected chi connectivity index (χ2v) is 4.72. The van der Waals surface area contributed by atoms with E-state index in [1.807, 2.05) is 32.0 Å². The molecule has 20 heavy (non-hydrogen) atoms. The fraction of sp³-hybridized carbons (Fsp3) is 0.333. The normalized spacial score (nSPS) is 11.6. The van der Waals surface area contributed by atoms with E-state index in [0.717, 1.165) is 0 Å². The van der Waals surface area contributed by atoms with Gasteiger partial charge in [-0.25, -0.2) is 4.79 Å². The molecule has 0 aliphatic rings. The van der Waals surface area contributed by atoms with E-state index in [1.54, 1.807) is 18.2 Å². The Balaban J connectivity index is 2.59. The zero-order valence-electron chi connectivity index (χ0n) is 11.8. The molecule has 1 aromatic carbocycles. The van der Waals surface area contributed by atoms with E-state index in [0.29, 0.717) is 12.2 Å². The zero-order chi connectivity index (χ0) is 15.0. The molecule has 5 nitrogen and oxygen atoms in total. The van der Waals surface area contributed by atoms with E-state index in [-0.39, 0.29) is 11.8 Å². The first-order valence-corrected chi connectivity index (χ1v) is 6.55. The van der Waals surface area contributed by atoms with Crippen LogP contribution in [-0.4, -0.2) is 24.5 Å². The fourth-order valence-electron chi connectivity index (χ4n) is 1.65. The maximum absolute atomic E-state index is 11.9. The van der Waals surface area contributed by atoms with E-state index < -0.39 is 12.1 Å². The lowest BCUT2D eigenvalue weighted by Gasteiger charge is -2.21. The summed E-state index contributed by atoms with van der Waals surface area (Å²) in [5, 5.41) is 8.05. The van der Waals surface area contributed by atoms with Crippen LogP contribution in [0.3, 0.4) is 0 Å². The minimum atomic E-state index is -0.585. The van der Waals surface area contributed by atoms with Crippen LogP contribution in [0.15, 0.2) is 43.0 Å². The average Bonchev–Trinajstić information content (AvgIpc) is 2.43. The molecule has 0 bridgehead atoms. The van der Waals surface area contributed by atoms with Crippen molar-refractivity contribution in [2.45, 2.75) is 19.9 Å². The number of nitrogens with one attached hydrogen (secondary N) is 3. The molecule has 0 aliphatic heterocycles. The van der Waals surface area contributed by atoms with Crippen LogP contribution >= 0.6 is 0 Å². The maximum atomic E-state index is 11.9. The molecule has 0 saturated heterocycles. The molecule has 1 rings (SSSR count). The van der Waals surface area contributed by atoms with Gasteiger partial charge < -0.3 is 16.0 Å². The molecule has 0 spiro atoms. The van der Waals surface area contributed by atoms with Crippen molar-refractivity contribution in [3.8, 4) is 0 Å². The fourth-order valence-corrected chi connectivity index (χ4v) is 1.65. The standard InChI is InChI=1S/C15H21N3O2/c1-4-10-16-14(19)13(11(2)3)18-15(20)17-12-8-6-5-7-9-12/h4-9,11,13H,1,10H2,2-3H3,(H,16,19)(H2,17,18,20). The van der Waals surface area contributed by atoms with Crippen LogP contribution in [0.2, 0.25) is 0 Å². The first-order chi connectivity index (χ1) is 9.54. The van der Waals surface area contributed by atoms with Crippen molar-refractivity contribution in [2.24, 2.45) is 5.92 Å². The summed E-state index contributed by atoms with van der Waals surface area (Å²) >= 11 is 0. The molecule has 0 heterocycles. The molecule has 0 aliphatic carbocycles. The molecule has 0 saturated carbocycles. The molecule has 3 amide bonds. The number of benzene rings is 1. The molecule has 1 unspecified atom stereocenters. The van der Waals surface area contributed by atoms with Gasteiger partial charge in [0.05, 0.1) is 0 Å². The summed E-state index contributed by atoms with van der Waals surface area (Å²) in [4.78, 5) is 23.8. The minimum absolute atomic E-state index is 0.0126. The van der Waals surface area contributed by atoms with Crippen molar-refractivity contribution in [1.82, 2.24) is 10.6 Å². The maximum Gasteiger partial charge on any atom is 0.319 e. The Morgan fingerprint density at radius 3 is 2.45 bits per heavy atom. The summed E-state index contributed by atoms with van der Waals surface area (Å²) < 4.78 is 0. The number of hydrogen-bond acceptors (Lipinski definition) is 2. The molecule has 5 heteroatoms. The van der Waals surface area contributed by atoms with Gasteiger partial charge in [-0.15, -0.1) is 6.58 Å². The Bertz CT molecular complexity index is 457. The van der Waals surface area contributed by atoms with Crippen molar-refractivity contribution in [3.05, 3.63) is 43.0 Å².